The van der Waals surface area contributed by atoms with Crippen molar-refractivity contribution in [2.45, 2.75) is 10.7 Å². The Bertz CT molecular complexity index is 755. The Kier molecular flexibility index (Phi) is 3.41. The quantitative estimate of drug-likeness (QED) is 0.566. The average molecular weight is 326 g/mol. The fraction of sp³-hybridized carbons (Fsp3) is 0.133. The van der Waals surface area contributed by atoms with Crippen LogP contribution in [0.25, 0.3) is 16.9 Å². The monoisotopic (exact) mass is 324 g/mol. The molecule has 0 fully saturated rings. The van der Waals surface area contributed by atoms with Crippen LogP contribution in [0.3, 0.4) is 0 Å². The Morgan fingerprint density at radius 3 is 2.35 bits per heavy atom. The van der Waals surface area contributed by atoms with Gasteiger partial charge < -0.3 is 4.40 Å². The lowest BCUT2D eigenvalue weighted by Gasteiger charge is -2.10. The van der Waals surface area contributed by atoms with E-state index in [0.29, 0.717) is 5.56 Å². The summed E-state index contributed by atoms with van der Waals surface area (Å²) < 4.78 is 0.613. The van der Waals surface area contributed by atoms with Crippen molar-refractivity contribution < 1.29 is 0 Å². The standard InChI is InChI=1S/C15H11Cl3N2/c1-10-3-2-8-20-9-13(19-14(10)20)11-4-6-12(7-5-11)15(16,17)18/h2-9H,1H3. The molecule has 0 aliphatic rings. The molecule has 0 aliphatic carbocycles. The van der Waals surface area contributed by atoms with Crippen molar-refractivity contribution in [3.63, 3.8) is 0 Å². The highest BCUT2D eigenvalue weighted by molar-refractivity contribution is 6.66. The van der Waals surface area contributed by atoms with Gasteiger partial charge >= 0.3 is 0 Å². The number of imidazole rings is 1. The van der Waals surface area contributed by atoms with Crippen LogP contribution in [0.4, 0.5) is 0 Å². The topological polar surface area (TPSA) is 17.3 Å². The van der Waals surface area contributed by atoms with Gasteiger partial charge in [-0.3, -0.25) is 0 Å². The molecule has 5 heteroatoms. The van der Waals surface area contributed by atoms with Gasteiger partial charge in [-0.05, 0) is 18.6 Å². The maximum atomic E-state index is 5.85. The predicted octanol–water partition coefficient (Wildman–Crippen LogP) is 5.14. The van der Waals surface area contributed by atoms with Crippen molar-refractivity contribution >= 4 is 40.4 Å². The van der Waals surface area contributed by atoms with E-state index in [1.165, 1.54) is 0 Å². The Morgan fingerprint density at radius 2 is 1.75 bits per heavy atom. The number of alkyl halides is 3. The van der Waals surface area contributed by atoms with Crippen LogP contribution in [0.1, 0.15) is 11.1 Å². The number of halogens is 3. The zero-order valence-corrected chi connectivity index (χ0v) is 12.9. The van der Waals surface area contributed by atoms with Crippen LogP contribution in [0.15, 0.2) is 48.8 Å². The maximum Gasteiger partial charge on any atom is 0.216 e. The van der Waals surface area contributed by atoms with E-state index in [-0.39, 0.29) is 0 Å². The van der Waals surface area contributed by atoms with Crippen molar-refractivity contribution in [3.05, 3.63) is 59.9 Å². The molecule has 3 rings (SSSR count). The lowest BCUT2D eigenvalue weighted by atomic mass is 10.1. The van der Waals surface area contributed by atoms with Gasteiger partial charge in [0.2, 0.25) is 3.79 Å². The molecule has 102 valence electrons. The molecule has 2 nitrogen and oxygen atoms in total. The van der Waals surface area contributed by atoms with E-state index in [2.05, 4.69) is 4.98 Å². The minimum absolute atomic E-state index is 0.645. The number of fused-ring (bicyclic) bond motifs is 1. The fourth-order valence-corrected chi connectivity index (χ4v) is 2.50. The smallest absolute Gasteiger partial charge is 0.216 e. The molecule has 0 saturated heterocycles. The molecule has 3 aromatic rings. The SMILES string of the molecule is Cc1cccn2cc(-c3ccc(C(Cl)(Cl)Cl)cc3)nc12. The van der Waals surface area contributed by atoms with Crippen LogP contribution in [0.2, 0.25) is 0 Å². The summed E-state index contributed by atoms with van der Waals surface area (Å²) in [5.41, 5.74) is 4.62. The van der Waals surface area contributed by atoms with Crippen molar-refractivity contribution in [3.8, 4) is 11.3 Å². The number of rotatable bonds is 1. The third kappa shape index (κ3) is 2.51. The summed E-state index contributed by atoms with van der Waals surface area (Å²) >= 11 is 17.6. The summed E-state index contributed by atoms with van der Waals surface area (Å²) in [6, 6.07) is 11.5. The summed E-state index contributed by atoms with van der Waals surface area (Å²) in [6.07, 6.45) is 3.97. The molecule has 2 aromatic heterocycles. The van der Waals surface area contributed by atoms with Gasteiger partial charge in [0.1, 0.15) is 5.65 Å². The van der Waals surface area contributed by atoms with Gasteiger partial charge in [0.05, 0.1) is 5.69 Å². The number of nitrogens with zero attached hydrogens (tertiary/aromatic N) is 2. The van der Waals surface area contributed by atoms with E-state index < -0.39 is 3.79 Å². The molecule has 0 aliphatic heterocycles. The number of aromatic nitrogens is 2. The average Bonchev–Trinajstić information content (AvgIpc) is 2.83. The van der Waals surface area contributed by atoms with E-state index in [4.69, 9.17) is 34.8 Å². The van der Waals surface area contributed by atoms with Crippen molar-refractivity contribution in [2.75, 3.05) is 0 Å². The van der Waals surface area contributed by atoms with E-state index in [0.717, 1.165) is 22.5 Å². The molecule has 0 amide bonds. The zero-order chi connectivity index (χ0) is 14.3. The molecule has 0 bridgehead atoms. The second-order valence-corrected chi connectivity index (χ2v) is 6.90. The van der Waals surface area contributed by atoms with Gasteiger partial charge in [0.25, 0.3) is 0 Å². The summed E-state index contributed by atoms with van der Waals surface area (Å²) in [6.45, 7) is 2.04. The Balaban J connectivity index is 2.05. The Morgan fingerprint density at radius 1 is 1.05 bits per heavy atom. The molecule has 0 atom stereocenters. The zero-order valence-electron chi connectivity index (χ0n) is 10.6. The molecule has 0 spiro atoms. The van der Waals surface area contributed by atoms with Gasteiger partial charge in [-0.25, -0.2) is 4.98 Å². The van der Waals surface area contributed by atoms with Crippen LogP contribution in [0.5, 0.6) is 0 Å². The molecule has 0 N–H and O–H groups in total. The van der Waals surface area contributed by atoms with Gasteiger partial charge in [-0.1, -0.05) is 65.1 Å². The van der Waals surface area contributed by atoms with Gasteiger partial charge in [-0.2, -0.15) is 0 Å². The van der Waals surface area contributed by atoms with Crippen molar-refractivity contribution in [2.24, 2.45) is 0 Å². The molecular weight excluding hydrogens is 315 g/mol. The minimum atomic E-state index is -1.39. The highest BCUT2D eigenvalue weighted by atomic mass is 35.6. The number of benzene rings is 1. The number of hydrogen-bond donors (Lipinski definition) is 0. The van der Waals surface area contributed by atoms with Crippen LogP contribution < -0.4 is 0 Å². The minimum Gasteiger partial charge on any atom is -0.306 e. The largest absolute Gasteiger partial charge is 0.306 e. The molecule has 0 unspecified atom stereocenters. The third-order valence-electron chi connectivity index (χ3n) is 3.19. The van der Waals surface area contributed by atoms with E-state index in [1.807, 2.05) is 48.0 Å². The first-order chi connectivity index (χ1) is 9.45. The van der Waals surface area contributed by atoms with Crippen LogP contribution in [-0.2, 0) is 3.79 Å². The molecule has 0 radical (unpaired) electrons. The first kappa shape index (κ1) is 13.7. The van der Waals surface area contributed by atoms with Crippen LogP contribution in [-0.4, -0.2) is 9.38 Å². The molecule has 20 heavy (non-hydrogen) atoms. The number of hydrogen-bond acceptors (Lipinski definition) is 1. The van der Waals surface area contributed by atoms with E-state index >= 15 is 0 Å². The molecule has 2 heterocycles. The Labute approximate surface area is 131 Å². The molecule has 1 aromatic carbocycles. The van der Waals surface area contributed by atoms with Crippen molar-refractivity contribution in [1.82, 2.24) is 9.38 Å². The second-order valence-electron chi connectivity index (χ2n) is 4.62. The normalized spacial score (nSPS) is 12.0. The lowest BCUT2D eigenvalue weighted by Crippen LogP contribution is -1.98. The number of pyridine rings is 1. The predicted molar refractivity (Wildman–Crippen MR) is 84.6 cm³/mol. The highest BCUT2D eigenvalue weighted by Gasteiger charge is 2.22. The highest BCUT2D eigenvalue weighted by Crippen LogP contribution is 2.38. The molecular formula is C15H11Cl3N2. The first-order valence-corrected chi connectivity index (χ1v) is 7.20. The van der Waals surface area contributed by atoms with Gasteiger partial charge in [-0.15, -0.1) is 0 Å². The molecule has 0 saturated carbocycles. The van der Waals surface area contributed by atoms with E-state index in [1.54, 1.807) is 12.1 Å². The van der Waals surface area contributed by atoms with Crippen LogP contribution in [0, 0.1) is 6.92 Å². The van der Waals surface area contributed by atoms with Gasteiger partial charge in [0.15, 0.2) is 0 Å². The van der Waals surface area contributed by atoms with Crippen molar-refractivity contribution in [1.29, 1.82) is 0 Å². The Hall–Kier alpha value is -1.22. The lowest BCUT2D eigenvalue weighted by molar-refractivity contribution is 1.16. The third-order valence-corrected chi connectivity index (χ3v) is 3.84. The summed E-state index contributed by atoms with van der Waals surface area (Å²) in [5, 5.41) is 0. The summed E-state index contributed by atoms with van der Waals surface area (Å²) in [7, 11) is 0. The summed E-state index contributed by atoms with van der Waals surface area (Å²) in [4.78, 5) is 4.64. The second kappa shape index (κ2) is 4.96. The first-order valence-electron chi connectivity index (χ1n) is 6.07. The van der Waals surface area contributed by atoms with Crippen LogP contribution >= 0.6 is 34.8 Å². The van der Waals surface area contributed by atoms with E-state index in [9.17, 15) is 0 Å². The maximum absolute atomic E-state index is 5.85. The number of aryl methyl sites for hydroxylation is 1. The van der Waals surface area contributed by atoms with Gasteiger partial charge in [0, 0.05) is 23.5 Å². The summed E-state index contributed by atoms with van der Waals surface area (Å²) in [5.74, 6) is 0. The fourth-order valence-electron chi connectivity index (χ4n) is 2.12.